The van der Waals surface area contributed by atoms with Crippen molar-refractivity contribution in [3.8, 4) is 0 Å². The van der Waals surface area contributed by atoms with Crippen molar-refractivity contribution < 1.29 is 28.6 Å². The molecule has 0 saturated carbocycles. The van der Waals surface area contributed by atoms with Gasteiger partial charge in [-0.25, -0.2) is 14.4 Å². The van der Waals surface area contributed by atoms with E-state index in [9.17, 15) is 14.4 Å². The maximum Gasteiger partial charge on any atom is 0.336 e. The Morgan fingerprint density at radius 2 is 1.61 bits per heavy atom. The van der Waals surface area contributed by atoms with Gasteiger partial charge >= 0.3 is 17.9 Å². The number of ether oxygens (including phenoxy) is 3. The van der Waals surface area contributed by atoms with Crippen molar-refractivity contribution >= 4 is 24.0 Å². The summed E-state index contributed by atoms with van der Waals surface area (Å²) in [6.45, 7) is 10.2. The molecule has 1 unspecified atom stereocenters. The Bertz CT molecular complexity index is 1050. The summed E-state index contributed by atoms with van der Waals surface area (Å²) >= 11 is 0. The van der Waals surface area contributed by atoms with E-state index in [2.05, 4.69) is 10.6 Å². The zero-order valence-corrected chi connectivity index (χ0v) is 22.2. The van der Waals surface area contributed by atoms with Crippen LogP contribution in [0.1, 0.15) is 64.5 Å². The molecule has 36 heavy (non-hydrogen) atoms. The summed E-state index contributed by atoms with van der Waals surface area (Å²) in [6.07, 6.45) is 2.96. The predicted molar refractivity (Wildman–Crippen MR) is 139 cm³/mol. The summed E-state index contributed by atoms with van der Waals surface area (Å²) in [5.41, 5.74) is 3.75. The quantitative estimate of drug-likeness (QED) is 0.253. The zero-order valence-electron chi connectivity index (χ0n) is 22.2. The molecule has 196 valence electrons. The second-order valence-corrected chi connectivity index (χ2v) is 8.25. The third-order valence-electron chi connectivity index (χ3n) is 5.71. The topological polar surface area (TPSA) is 103 Å². The number of dihydropyridines is 1. The van der Waals surface area contributed by atoms with E-state index < -0.39 is 17.9 Å². The van der Waals surface area contributed by atoms with E-state index >= 15 is 0 Å². The number of benzene rings is 1. The van der Waals surface area contributed by atoms with Crippen LogP contribution in [0, 0.1) is 0 Å². The molecule has 8 heteroatoms. The molecule has 1 aromatic carbocycles. The van der Waals surface area contributed by atoms with Gasteiger partial charge in [-0.3, -0.25) is 0 Å². The van der Waals surface area contributed by atoms with Crippen molar-refractivity contribution in [1.82, 2.24) is 10.6 Å². The molecule has 0 bridgehead atoms. The Balaban J connectivity index is 2.80. The van der Waals surface area contributed by atoms with Crippen LogP contribution in [0.4, 0.5) is 0 Å². The molecule has 0 radical (unpaired) electrons. The molecular formula is C28H38N2O6. The molecule has 0 aromatic heterocycles. The van der Waals surface area contributed by atoms with Gasteiger partial charge < -0.3 is 24.8 Å². The Kier molecular flexibility index (Phi) is 11.4. The number of likely N-dealkylation sites (N-methyl/N-ethyl adjacent to an activating group) is 1. The highest BCUT2D eigenvalue weighted by Gasteiger charge is 2.39. The van der Waals surface area contributed by atoms with Gasteiger partial charge in [0.1, 0.15) is 0 Å². The van der Waals surface area contributed by atoms with E-state index in [0.717, 1.165) is 6.42 Å². The van der Waals surface area contributed by atoms with E-state index in [1.54, 1.807) is 33.9 Å². The van der Waals surface area contributed by atoms with Gasteiger partial charge in [-0.15, -0.1) is 0 Å². The van der Waals surface area contributed by atoms with Gasteiger partial charge in [-0.1, -0.05) is 38.1 Å². The van der Waals surface area contributed by atoms with Crippen LogP contribution in [0.3, 0.4) is 0 Å². The number of allylic oxidation sites excluding steroid dienone is 1. The van der Waals surface area contributed by atoms with Gasteiger partial charge in [0, 0.05) is 23.5 Å². The van der Waals surface area contributed by atoms with E-state index in [1.807, 2.05) is 38.1 Å². The smallest absolute Gasteiger partial charge is 0.336 e. The summed E-state index contributed by atoms with van der Waals surface area (Å²) in [6, 6.07) is 7.41. The van der Waals surface area contributed by atoms with E-state index in [-0.39, 0.29) is 19.2 Å². The molecular weight excluding hydrogens is 460 g/mol. The third kappa shape index (κ3) is 6.85. The average Bonchev–Trinajstić information content (AvgIpc) is 2.86. The van der Waals surface area contributed by atoms with Crippen LogP contribution >= 0.6 is 0 Å². The fraction of sp³-hybridized carbons (Fsp3) is 0.464. The predicted octanol–water partition coefficient (Wildman–Crippen LogP) is 3.99. The first-order chi connectivity index (χ1) is 17.3. The standard InChI is InChI=1S/C28H38N2O6/c1-7-15-36-26(31)19(8-2)16-20-13-11-12-14-21(20)24-23(27(32)34-9-3)18(5)30-22(17-29-6)25(24)28(33)35-10-4/h11-14,16,24,29-30H,7-10,15,17H2,1-6H3. The molecule has 1 aromatic rings. The highest BCUT2D eigenvalue weighted by molar-refractivity contribution is 6.01. The number of rotatable bonds is 12. The summed E-state index contributed by atoms with van der Waals surface area (Å²) < 4.78 is 16.2. The molecule has 0 saturated heterocycles. The van der Waals surface area contributed by atoms with Gasteiger partial charge in [0.15, 0.2) is 0 Å². The fourth-order valence-electron chi connectivity index (χ4n) is 4.14. The summed E-state index contributed by atoms with van der Waals surface area (Å²) in [5, 5.41) is 6.29. The van der Waals surface area contributed by atoms with Gasteiger partial charge in [0.25, 0.3) is 0 Å². The lowest BCUT2D eigenvalue weighted by molar-refractivity contribution is -0.140. The number of esters is 3. The van der Waals surface area contributed by atoms with Crippen molar-refractivity contribution in [3.05, 3.63) is 63.5 Å². The van der Waals surface area contributed by atoms with Crippen LogP contribution in [-0.4, -0.2) is 51.3 Å². The van der Waals surface area contributed by atoms with E-state index in [1.165, 1.54) is 0 Å². The minimum absolute atomic E-state index is 0.185. The van der Waals surface area contributed by atoms with Crippen LogP contribution in [0.25, 0.3) is 6.08 Å². The summed E-state index contributed by atoms with van der Waals surface area (Å²) in [7, 11) is 1.78. The molecule has 2 rings (SSSR count). The number of hydrogen-bond acceptors (Lipinski definition) is 8. The number of nitrogens with one attached hydrogen (secondary N) is 2. The van der Waals surface area contributed by atoms with Gasteiger partial charge in [0.05, 0.1) is 36.9 Å². The molecule has 0 amide bonds. The van der Waals surface area contributed by atoms with Crippen LogP contribution in [-0.2, 0) is 28.6 Å². The minimum Gasteiger partial charge on any atom is -0.463 e. The normalized spacial score (nSPS) is 15.9. The van der Waals surface area contributed by atoms with Crippen LogP contribution < -0.4 is 10.6 Å². The Labute approximate surface area is 213 Å². The highest BCUT2D eigenvalue weighted by atomic mass is 16.5. The van der Waals surface area contributed by atoms with Crippen molar-refractivity contribution in [2.75, 3.05) is 33.4 Å². The minimum atomic E-state index is -0.759. The average molecular weight is 499 g/mol. The first-order valence-corrected chi connectivity index (χ1v) is 12.5. The molecule has 1 aliphatic heterocycles. The number of carbonyl (C=O) groups excluding carboxylic acids is 3. The molecule has 2 N–H and O–H groups in total. The third-order valence-corrected chi connectivity index (χ3v) is 5.71. The van der Waals surface area contributed by atoms with E-state index in [0.29, 0.717) is 58.8 Å². The number of hydrogen-bond donors (Lipinski definition) is 2. The highest BCUT2D eigenvalue weighted by Crippen LogP contribution is 2.41. The van der Waals surface area contributed by atoms with Crippen molar-refractivity contribution in [2.24, 2.45) is 0 Å². The van der Waals surface area contributed by atoms with Gasteiger partial charge in [0.2, 0.25) is 0 Å². The molecule has 8 nitrogen and oxygen atoms in total. The molecule has 0 aliphatic carbocycles. The lowest BCUT2D eigenvalue weighted by Gasteiger charge is -2.32. The largest absolute Gasteiger partial charge is 0.463 e. The second-order valence-electron chi connectivity index (χ2n) is 8.25. The van der Waals surface area contributed by atoms with Crippen LogP contribution in [0.5, 0.6) is 0 Å². The van der Waals surface area contributed by atoms with E-state index in [4.69, 9.17) is 14.2 Å². The Hall–Kier alpha value is -3.39. The lowest BCUT2D eigenvalue weighted by Crippen LogP contribution is -2.36. The fourth-order valence-corrected chi connectivity index (χ4v) is 4.14. The van der Waals surface area contributed by atoms with Crippen LogP contribution in [0.15, 0.2) is 52.4 Å². The number of carbonyl (C=O) groups is 3. The maximum atomic E-state index is 13.3. The molecule has 0 fully saturated rings. The Morgan fingerprint density at radius 3 is 2.19 bits per heavy atom. The zero-order chi connectivity index (χ0) is 26.7. The van der Waals surface area contributed by atoms with Gasteiger partial charge in [-0.2, -0.15) is 0 Å². The first-order valence-electron chi connectivity index (χ1n) is 12.5. The summed E-state index contributed by atoms with van der Waals surface area (Å²) in [5.74, 6) is -2.18. The Morgan fingerprint density at radius 1 is 0.972 bits per heavy atom. The molecule has 1 atom stereocenters. The van der Waals surface area contributed by atoms with Crippen molar-refractivity contribution in [3.63, 3.8) is 0 Å². The molecule has 0 spiro atoms. The van der Waals surface area contributed by atoms with Crippen LogP contribution in [0.2, 0.25) is 0 Å². The molecule has 1 heterocycles. The lowest BCUT2D eigenvalue weighted by atomic mass is 9.78. The molecule has 1 aliphatic rings. The maximum absolute atomic E-state index is 13.3. The first kappa shape index (κ1) is 28.8. The second kappa shape index (κ2) is 14.2. The monoisotopic (exact) mass is 498 g/mol. The summed E-state index contributed by atoms with van der Waals surface area (Å²) in [4.78, 5) is 39.2. The van der Waals surface area contributed by atoms with Crippen molar-refractivity contribution in [2.45, 2.75) is 53.4 Å². The SMILES string of the molecule is CCCOC(=O)C(=Cc1ccccc1C1C(C(=O)OCC)=C(C)NC(CNC)=C1C(=O)OCC)CC. The van der Waals surface area contributed by atoms with Gasteiger partial charge in [-0.05, 0) is 57.9 Å². The van der Waals surface area contributed by atoms with Crippen molar-refractivity contribution in [1.29, 1.82) is 0 Å².